The highest BCUT2D eigenvalue weighted by Crippen LogP contribution is 2.35. The lowest BCUT2D eigenvalue weighted by Gasteiger charge is -2.39. The number of carboxylic acid groups (broad SMARTS) is 1. The van der Waals surface area contributed by atoms with Crippen LogP contribution in [0.2, 0.25) is 0 Å². The van der Waals surface area contributed by atoms with E-state index in [1.54, 1.807) is 0 Å². The second-order valence-corrected chi connectivity index (χ2v) is 6.60. The van der Waals surface area contributed by atoms with Crippen molar-refractivity contribution in [3.63, 3.8) is 0 Å². The van der Waals surface area contributed by atoms with Crippen molar-refractivity contribution in [2.24, 2.45) is 5.73 Å². The summed E-state index contributed by atoms with van der Waals surface area (Å²) in [7, 11) is 0. The van der Waals surface area contributed by atoms with E-state index in [4.69, 9.17) is 5.73 Å². The fraction of sp³-hybridized carbons (Fsp3) is 0.588. The topological polar surface area (TPSA) is 66.6 Å². The van der Waals surface area contributed by atoms with Gasteiger partial charge in [0.1, 0.15) is 5.54 Å². The lowest BCUT2D eigenvalue weighted by molar-refractivity contribution is -0.145. The minimum atomic E-state index is -1.02. The largest absolute Gasteiger partial charge is 0.480 e. The molecule has 114 valence electrons. The molecule has 1 aliphatic heterocycles. The van der Waals surface area contributed by atoms with Crippen LogP contribution >= 0.6 is 0 Å². The second kappa shape index (κ2) is 5.78. The lowest BCUT2D eigenvalue weighted by atomic mass is 9.79. The van der Waals surface area contributed by atoms with Gasteiger partial charge in [0.2, 0.25) is 0 Å². The molecule has 4 heteroatoms. The maximum atomic E-state index is 11.4. The molecule has 0 amide bonds. The normalized spacial score (nSPS) is 34.0. The first-order chi connectivity index (χ1) is 10.1. The van der Waals surface area contributed by atoms with Crippen LogP contribution in [0.1, 0.15) is 43.6 Å². The lowest BCUT2D eigenvalue weighted by Crippen LogP contribution is -2.55. The Morgan fingerprint density at radius 1 is 1.29 bits per heavy atom. The van der Waals surface area contributed by atoms with E-state index in [-0.39, 0.29) is 0 Å². The number of hydrogen-bond donors (Lipinski definition) is 2. The summed E-state index contributed by atoms with van der Waals surface area (Å²) in [6.45, 7) is 2.09. The van der Waals surface area contributed by atoms with Gasteiger partial charge in [-0.05, 0) is 50.1 Å². The zero-order valence-electron chi connectivity index (χ0n) is 12.4. The van der Waals surface area contributed by atoms with Crippen LogP contribution in [0.5, 0.6) is 0 Å². The van der Waals surface area contributed by atoms with Gasteiger partial charge in [0.05, 0.1) is 0 Å². The Balaban J connectivity index is 1.65. The van der Waals surface area contributed by atoms with E-state index in [0.717, 1.165) is 32.4 Å². The van der Waals surface area contributed by atoms with Gasteiger partial charge in [0.15, 0.2) is 0 Å². The monoisotopic (exact) mass is 288 g/mol. The summed E-state index contributed by atoms with van der Waals surface area (Å²) >= 11 is 0. The van der Waals surface area contributed by atoms with Gasteiger partial charge in [-0.25, -0.2) is 0 Å². The second-order valence-electron chi connectivity index (χ2n) is 6.60. The van der Waals surface area contributed by atoms with Crippen molar-refractivity contribution in [3.05, 3.63) is 35.9 Å². The molecule has 1 heterocycles. The molecule has 3 rings (SSSR count). The molecule has 1 saturated carbocycles. The molecule has 4 nitrogen and oxygen atoms in total. The molecular formula is C17H24N2O2. The fourth-order valence-corrected chi connectivity index (χ4v) is 3.90. The van der Waals surface area contributed by atoms with E-state index in [0.29, 0.717) is 24.8 Å². The smallest absolute Gasteiger partial charge is 0.323 e. The van der Waals surface area contributed by atoms with Crippen molar-refractivity contribution >= 4 is 5.97 Å². The van der Waals surface area contributed by atoms with Crippen LogP contribution in [-0.2, 0) is 4.79 Å². The number of benzene rings is 1. The molecule has 1 saturated heterocycles. The SMILES string of the molecule is NC1(C(=O)O)CCCC(N2CCC(c3ccccc3)C2)C1. The van der Waals surface area contributed by atoms with Gasteiger partial charge in [0.25, 0.3) is 0 Å². The minimum absolute atomic E-state index is 0.327. The Hall–Kier alpha value is -1.39. The summed E-state index contributed by atoms with van der Waals surface area (Å²) in [5.74, 6) is -0.267. The molecule has 3 unspecified atom stereocenters. The van der Waals surface area contributed by atoms with Crippen molar-refractivity contribution in [1.82, 2.24) is 4.90 Å². The van der Waals surface area contributed by atoms with Gasteiger partial charge < -0.3 is 10.8 Å². The predicted octanol–water partition coefficient (Wildman–Crippen LogP) is 2.20. The van der Waals surface area contributed by atoms with Gasteiger partial charge in [-0.1, -0.05) is 30.3 Å². The van der Waals surface area contributed by atoms with Crippen molar-refractivity contribution in [1.29, 1.82) is 0 Å². The van der Waals surface area contributed by atoms with Crippen LogP contribution in [0.25, 0.3) is 0 Å². The highest BCUT2D eigenvalue weighted by atomic mass is 16.4. The first-order valence-corrected chi connectivity index (χ1v) is 7.90. The van der Waals surface area contributed by atoms with Crippen molar-refractivity contribution in [2.75, 3.05) is 13.1 Å². The molecule has 0 aromatic heterocycles. The maximum absolute atomic E-state index is 11.4. The summed E-state index contributed by atoms with van der Waals surface area (Å²) in [5, 5.41) is 9.34. The van der Waals surface area contributed by atoms with Crippen LogP contribution in [0.4, 0.5) is 0 Å². The number of aliphatic carboxylic acids is 1. The van der Waals surface area contributed by atoms with E-state index in [1.807, 2.05) is 6.07 Å². The van der Waals surface area contributed by atoms with E-state index >= 15 is 0 Å². The highest BCUT2D eigenvalue weighted by molar-refractivity contribution is 5.78. The number of likely N-dealkylation sites (tertiary alicyclic amines) is 1. The molecule has 1 aliphatic carbocycles. The van der Waals surface area contributed by atoms with E-state index < -0.39 is 11.5 Å². The number of hydrogen-bond acceptors (Lipinski definition) is 3. The standard InChI is InChI=1S/C17H24N2O2/c18-17(16(20)21)9-4-7-15(11-17)19-10-8-14(12-19)13-5-2-1-3-6-13/h1-3,5-6,14-15H,4,7-12,18H2,(H,20,21). The van der Waals surface area contributed by atoms with Gasteiger partial charge >= 0.3 is 5.97 Å². The molecule has 0 bridgehead atoms. The fourth-order valence-electron chi connectivity index (χ4n) is 3.90. The average molecular weight is 288 g/mol. The average Bonchev–Trinajstić information content (AvgIpc) is 2.98. The first kappa shape index (κ1) is 14.5. The van der Waals surface area contributed by atoms with Crippen LogP contribution < -0.4 is 5.73 Å². The van der Waals surface area contributed by atoms with Crippen molar-refractivity contribution < 1.29 is 9.90 Å². The Kier molecular flexibility index (Phi) is 4.00. The highest BCUT2D eigenvalue weighted by Gasteiger charge is 2.42. The summed E-state index contributed by atoms with van der Waals surface area (Å²) in [6, 6.07) is 10.9. The third-order valence-electron chi connectivity index (χ3n) is 5.19. The minimum Gasteiger partial charge on any atom is -0.480 e. The molecule has 3 atom stereocenters. The summed E-state index contributed by atoms with van der Waals surface area (Å²) in [5.41, 5.74) is 6.46. The van der Waals surface area contributed by atoms with Crippen molar-refractivity contribution in [2.45, 2.75) is 49.6 Å². The van der Waals surface area contributed by atoms with E-state index in [9.17, 15) is 9.90 Å². The van der Waals surface area contributed by atoms with Crippen molar-refractivity contribution in [3.8, 4) is 0 Å². The van der Waals surface area contributed by atoms with Gasteiger partial charge in [0, 0.05) is 12.6 Å². The number of nitrogens with two attached hydrogens (primary N) is 1. The summed E-state index contributed by atoms with van der Waals surface area (Å²) < 4.78 is 0. The van der Waals surface area contributed by atoms with E-state index in [2.05, 4.69) is 29.2 Å². The van der Waals surface area contributed by atoms with Gasteiger partial charge in [-0.15, -0.1) is 0 Å². The van der Waals surface area contributed by atoms with Crippen LogP contribution in [0.15, 0.2) is 30.3 Å². The number of carbonyl (C=O) groups is 1. The number of rotatable bonds is 3. The van der Waals surface area contributed by atoms with Crippen LogP contribution in [0.3, 0.4) is 0 Å². The molecule has 2 fully saturated rings. The van der Waals surface area contributed by atoms with Gasteiger partial charge in [-0.3, -0.25) is 9.69 Å². The van der Waals surface area contributed by atoms with Crippen LogP contribution in [-0.4, -0.2) is 40.6 Å². The van der Waals surface area contributed by atoms with Gasteiger partial charge in [-0.2, -0.15) is 0 Å². The first-order valence-electron chi connectivity index (χ1n) is 7.90. The zero-order valence-corrected chi connectivity index (χ0v) is 12.4. The number of nitrogens with zero attached hydrogens (tertiary/aromatic N) is 1. The third kappa shape index (κ3) is 2.97. The molecule has 0 spiro atoms. The molecule has 3 N–H and O–H groups in total. The number of carboxylic acids is 1. The van der Waals surface area contributed by atoms with Crippen LogP contribution in [0, 0.1) is 0 Å². The molecule has 21 heavy (non-hydrogen) atoms. The Bertz CT molecular complexity index is 505. The maximum Gasteiger partial charge on any atom is 0.323 e. The molecule has 1 aromatic rings. The molecule has 0 radical (unpaired) electrons. The third-order valence-corrected chi connectivity index (χ3v) is 5.19. The predicted molar refractivity (Wildman–Crippen MR) is 82.2 cm³/mol. The quantitative estimate of drug-likeness (QED) is 0.895. The zero-order chi connectivity index (χ0) is 14.9. The Morgan fingerprint density at radius 2 is 2.05 bits per heavy atom. The van der Waals surface area contributed by atoms with E-state index in [1.165, 1.54) is 5.56 Å². The molecule has 2 aliphatic rings. The summed E-state index contributed by atoms with van der Waals surface area (Å²) in [4.78, 5) is 13.8. The molecule has 1 aromatic carbocycles. The Morgan fingerprint density at radius 3 is 2.76 bits per heavy atom. The summed E-state index contributed by atoms with van der Waals surface area (Å²) in [6.07, 6.45) is 4.34. The Labute approximate surface area is 125 Å². The molecular weight excluding hydrogens is 264 g/mol.